The van der Waals surface area contributed by atoms with Crippen molar-refractivity contribution in [1.29, 1.82) is 0 Å². The van der Waals surface area contributed by atoms with Gasteiger partial charge < -0.3 is 13.9 Å². The van der Waals surface area contributed by atoms with Crippen LogP contribution in [0.5, 0.6) is 5.75 Å². The second-order valence-corrected chi connectivity index (χ2v) is 16.1. The summed E-state index contributed by atoms with van der Waals surface area (Å²) >= 11 is 0. The van der Waals surface area contributed by atoms with Gasteiger partial charge in [0.05, 0.1) is 12.4 Å². The van der Waals surface area contributed by atoms with Gasteiger partial charge in [0.25, 0.3) is 0 Å². The van der Waals surface area contributed by atoms with E-state index in [0.717, 1.165) is 54.1 Å². The minimum atomic E-state index is 0.250. The first-order valence-corrected chi connectivity index (χ1v) is 18.9. The smallest absolute Gasteiger partial charge is 0.119 e. The molecule has 2 aromatic carbocycles. The molecule has 48 heavy (non-hydrogen) atoms. The predicted molar refractivity (Wildman–Crippen MR) is 210 cm³/mol. The molecule has 4 aromatic rings. The standard InChI is InChI=1S/C17H25N.C15H24O.C12H22N2/c1-12(2)14(5)10-15-11-18(13(3)4)17-9-7-6-8-16(15)17;1-11(2)13(5)10-14-6-8-15(9-7-14)16-12(3)4;1-9(2)11(5)6-12-7-13-8-14(12)10(3)4/h6-9,11-14H,10H2,1-5H3;6-9,11-13H,10H2,1-5H3;7-11H,6H2,1-5H3. The molecule has 0 aliphatic rings. The van der Waals surface area contributed by atoms with E-state index in [2.05, 4.69) is 173 Å². The van der Waals surface area contributed by atoms with Gasteiger partial charge in [-0.3, -0.25) is 0 Å². The second-order valence-electron chi connectivity index (χ2n) is 16.1. The van der Waals surface area contributed by atoms with E-state index in [4.69, 9.17) is 4.74 Å². The number of hydrogen-bond donors (Lipinski definition) is 0. The van der Waals surface area contributed by atoms with Crippen LogP contribution >= 0.6 is 0 Å². The Bertz CT molecular complexity index is 1440. The molecule has 0 aliphatic carbocycles. The first kappa shape index (κ1) is 41.2. The van der Waals surface area contributed by atoms with Crippen LogP contribution in [0.15, 0.2) is 67.3 Å². The summed E-state index contributed by atoms with van der Waals surface area (Å²) in [5, 5.41) is 1.43. The van der Waals surface area contributed by atoms with Crippen molar-refractivity contribution in [2.75, 3.05) is 0 Å². The molecule has 0 saturated carbocycles. The summed E-state index contributed by atoms with van der Waals surface area (Å²) in [7, 11) is 0. The molecular formula is C44H71N3O. The van der Waals surface area contributed by atoms with Crippen LogP contribution < -0.4 is 4.74 Å². The lowest BCUT2D eigenvalue weighted by Crippen LogP contribution is -2.12. The van der Waals surface area contributed by atoms with E-state index in [-0.39, 0.29) is 6.10 Å². The molecule has 3 atom stereocenters. The van der Waals surface area contributed by atoms with Crippen LogP contribution in [-0.2, 0) is 19.3 Å². The van der Waals surface area contributed by atoms with Crippen molar-refractivity contribution in [2.24, 2.45) is 35.5 Å². The maximum atomic E-state index is 5.62. The van der Waals surface area contributed by atoms with Crippen LogP contribution in [-0.4, -0.2) is 20.2 Å². The van der Waals surface area contributed by atoms with Gasteiger partial charge in [-0.25, -0.2) is 4.98 Å². The summed E-state index contributed by atoms with van der Waals surface area (Å²) in [6.45, 7) is 33.7. The van der Waals surface area contributed by atoms with Gasteiger partial charge in [0.15, 0.2) is 0 Å². The van der Waals surface area contributed by atoms with Crippen LogP contribution in [0.25, 0.3) is 10.9 Å². The minimum Gasteiger partial charge on any atom is -0.491 e. The van der Waals surface area contributed by atoms with Crippen molar-refractivity contribution < 1.29 is 4.74 Å². The fraction of sp³-hybridized carbons (Fsp3) is 0.614. The Labute approximate surface area is 295 Å². The molecule has 2 aromatic heterocycles. The van der Waals surface area contributed by atoms with Crippen LogP contribution in [0, 0.1) is 35.5 Å². The van der Waals surface area contributed by atoms with E-state index in [1.165, 1.54) is 34.1 Å². The molecule has 4 nitrogen and oxygen atoms in total. The largest absolute Gasteiger partial charge is 0.491 e. The molecule has 0 spiro atoms. The second kappa shape index (κ2) is 19.9. The third-order valence-corrected chi connectivity index (χ3v) is 10.0. The molecule has 0 fully saturated rings. The van der Waals surface area contributed by atoms with Crippen LogP contribution in [0.1, 0.15) is 133 Å². The number of hydrogen-bond acceptors (Lipinski definition) is 2. The zero-order valence-electron chi connectivity index (χ0n) is 33.4. The topological polar surface area (TPSA) is 32.0 Å². The summed E-state index contributed by atoms with van der Waals surface area (Å²) in [6.07, 6.45) is 10.0. The zero-order chi connectivity index (χ0) is 36.1. The molecule has 0 radical (unpaired) electrons. The third kappa shape index (κ3) is 13.1. The van der Waals surface area contributed by atoms with Gasteiger partial charge in [-0.1, -0.05) is 92.6 Å². The van der Waals surface area contributed by atoms with Crippen molar-refractivity contribution in [3.63, 3.8) is 0 Å². The van der Waals surface area contributed by atoms with Crippen molar-refractivity contribution in [2.45, 2.75) is 141 Å². The number of imidazole rings is 1. The average molecular weight is 658 g/mol. The predicted octanol–water partition coefficient (Wildman–Crippen LogP) is 12.7. The van der Waals surface area contributed by atoms with Crippen LogP contribution in [0.2, 0.25) is 0 Å². The van der Waals surface area contributed by atoms with Gasteiger partial charge in [0.1, 0.15) is 5.75 Å². The van der Waals surface area contributed by atoms with Gasteiger partial charge >= 0.3 is 0 Å². The Hall–Kier alpha value is -3.01. The van der Waals surface area contributed by atoms with Crippen LogP contribution in [0.3, 0.4) is 0 Å². The zero-order valence-corrected chi connectivity index (χ0v) is 33.4. The normalized spacial score (nSPS) is 13.6. The van der Waals surface area contributed by atoms with E-state index < -0.39 is 0 Å². The highest BCUT2D eigenvalue weighted by Gasteiger charge is 2.15. The van der Waals surface area contributed by atoms with E-state index in [1.807, 2.05) is 12.5 Å². The van der Waals surface area contributed by atoms with E-state index >= 15 is 0 Å². The molecule has 3 unspecified atom stereocenters. The lowest BCUT2D eigenvalue weighted by atomic mass is 9.91. The number of aromatic nitrogens is 3. The van der Waals surface area contributed by atoms with E-state index in [0.29, 0.717) is 12.1 Å². The van der Waals surface area contributed by atoms with Gasteiger partial charge in [-0.05, 0) is 126 Å². The molecule has 0 N–H and O–H groups in total. The van der Waals surface area contributed by atoms with Crippen molar-refractivity contribution >= 4 is 10.9 Å². The Balaban J connectivity index is 0.000000252. The van der Waals surface area contributed by atoms with Gasteiger partial charge in [-0.2, -0.15) is 0 Å². The van der Waals surface area contributed by atoms with Crippen LogP contribution in [0.4, 0.5) is 0 Å². The fourth-order valence-electron chi connectivity index (χ4n) is 5.55. The fourth-order valence-corrected chi connectivity index (χ4v) is 5.55. The highest BCUT2D eigenvalue weighted by atomic mass is 16.5. The Morgan fingerprint density at radius 1 is 0.583 bits per heavy atom. The van der Waals surface area contributed by atoms with Crippen molar-refractivity contribution in [1.82, 2.24) is 14.1 Å². The molecule has 0 aliphatic heterocycles. The molecular weight excluding hydrogens is 587 g/mol. The molecule has 2 heterocycles. The number of fused-ring (bicyclic) bond motifs is 1. The first-order chi connectivity index (χ1) is 22.5. The number of benzene rings is 2. The summed E-state index contributed by atoms with van der Waals surface area (Å²) < 4.78 is 10.3. The lowest BCUT2D eigenvalue weighted by Gasteiger charge is -2.18. The molecule has 0 bridgehead atoms. The lowest BCUT2D eigenvalue weighted by molar-refractivity contribution is 0.242. The highest BCUT2D eigenvalue weighted by molar-refractivity contribution is 5.84. The maximum absolute atomic E-state index is 5.62. The minimum absolute atomic E-state index is 0.250. The average Bonchev–Trinajstić information content (AvgIpc) is 3.63. The quantitative estimate of drug-likeness (QED) is 0.143. The first-order valence-electron chi connectivity index (χ1n) is 18.9. The summed E-state index contributed by atoms with van der Waals surface area (Å²) in [6, 6.07) is 18.3. The van der Waals surface area contributed by atoms with Gasteiger partial charge in [0.2, 0.25) is 0 Å². The Kier molecular flexibility index (Phi) is 17.0. The highest BCUT2D eigenvalue weighted by Crippen LogP contribution is 2.28. The number of para-hydroxylation sites is 1. The molecule has 4 heteroatoms. The summed E-state index contributed by atoms with van der Waals surface area (Å²) in [5.41, 5.74) is 5.64. The van der Waals surface area contributed by atoms with Gasteiger partial charge in [-0.15, -0.1) is 0 Å². The van der Waals surface area contributed by atoms with E-state index in [9.17, 15) is 0 Å². The summed E-state index contributed by atoms with van der Waals surface area (Å²) in [4.78, 5) is 4.22. The molecule has 0 amide bonds. The molecule has 4 rings (SSSR count). The maximum Gasteiger partial charge on any atom is 0.119 e. The van der Waals surface area contributed by atoms with Crippen molar-refractivity contribution in [3.8, 4) is 5.75 Å². The van der Waals surface area contributed by atoms with Gasteiger partial charge in [0, 0.05) is 41.1 Å². The third-order valence-electron chi connectivity index (χ3n) is 10.0. The van der Waals surface area contributed by atoms with Crippen molar-refractivity contribution in [3.05, 3.63) is 84.1 Å². The summed E-state index contributed by atoms with van der Waals surface area (Å²) in [5.74, 6) is 5.39. The number of nitrogens with zero attached hydrogens (tertiary/aromatic N) is 3. The number of rotatable bonds is 13. The van der Waals surface area contributed by atoms with E-state index in [1.54, 1.807) is 0 Å². The molecule has 268 valence electrons. The SMILES string of the molecule is CC(C)C(C)Cc1cn(C(C)C)c2ccccc12.CC(C)C(C)Cc1cncn1C(C)C.CC(C)Oc1ccc(CC(C)C(C)C)cc1. The monoisotopic (exact) mass is 658 g/mol. The Morgan fingerprint density at radius 3 is 1.62 bits per heavy atom. The molecule has 0 saturated heterocycles. The number of ether oxygens (including phenoxy) is 1. The Morgan fingerprint density at radius 2 is 1.10 bits per heavy atom.